The average Bonchev–Trinajstić information content (AvgIpc) is 2.71. The number of thiocarbonyl (C=S) groups is 1. The van der Waals surface area contributed by atoms with Crippen LogP contribution in [0.5, 0.6) is 0 Å². The Labute approximate surface area is 196 Å². The van der Waals surface area contributed by atoms with E-state index < -0.39 is 15.4 Å². The Kier molecular flexibility index (Phi) is 8.08. The van der Waals surface area contributed by atoms with Crippen LogP contribution in [0.25, 0.3) is 0 Å². The number of hydrogen-bond acceptors (Lipinski definition) is 6. The lowest BCUT2D eigenvalue weighted by molar-refractivity contribution is -0.224. The van der Waals surface area contributed by atoms with Crippen LogP contribution >= 0.6 is 30.7 Å². The maximum Gasteiger partial charge on any atom is 0.305 e. The zero-order chi connectivity index (χ0) is 22.6. The second-order valence-corrected chi connectivity index (χ2v) is 17.5. The van der Waals surface area contributed by atoms with Gasteiger partial charge in [-0.3, -0.25) is 0 Å². The maximum atomic E-state index is 13.5. The summed E-state index contributed by atoms with van der Waals surface area (Å²) < 4.78 is 13.7. The van der Waals surface area contributed by atoms with E-state index in [1.54, 1.807) is 0 Å². The van der Waals surface area contributed by atoms with E-state index in [0.717, 1.165) is 22.8 Å². The largest absolute Gasteiger partial charge is 0.621 e. The fourth-order valence-electron chi connectivity index (χ4n) is 3.05. The molecular weight excluding hydrogens is 463 g/mol. The summed E-state index contributed by atoms with van der Waals surface area (Å²) in [4.78, 5) is 18.8. The van der Waals surface area contributed by atoms with Crippen molar-refractivity contribution in [1.82, 2.24) is 0 Å². The Morgan fingerprint density at radius 3 is 2.23 bits per heavy atom. The highest BCUT2D eigenvalue weighted by Crippen LogP contribution is 2.68. The van der Waals surface area contributed by atoms with Crippen LogP contribution in [0.4, 0.5) is 11.4 Å². The lowest BCUT2D eigenvalue weighted by atomic mass is 10.1. The molecule has 2 aromatic carbocycles. The first kappa shape index (κ1) is 24.5. The fraction of sp³-hybridized carbons (Fsp3) is 0.364. The number of rotatable bonds is 4. The van der Waals surface area contributed by atoms with Crippen molar-refractivity contribution >= 4 is 60.4 Å². The fourth-order valence-corrected chi connectivity index (χ4v) is 9.66. The molecule has 1 saturated heterocycles. The Balaban J connectivity index is 2.01. The number of hydrogen-bond donors (Lipinski definition) is 0. The summed E-state index contributed by atoms with van der Waals surface area (Å²) in [7, 11) is -5.41. The number of nitrogens with zero attached hydrogens (tertiary/aromatic N) is 2. The second-order valence-electron chi connectivity index (χ2n) is 8.52. The molecule has 2 aromatic rings. The van der Waals surface area contributed by atoms with Gasteiger partial charge in [-0.1, -0.05) is 75.2 Å². The molecule has 0 N–H and O–H groups in total. The number of benzene rings is 2. The molecule has 1 aliphatic heterocycles. The van der Waals surface area contributed by atoms with Crippen LogP contribution < -0.4 is 9.46 Å². The molecular formula is C22H29N2O3PS2Si. The molecule has 9 heteroatoms. The molecule has 3 atom stereocenters. The topological polar surface area (TPSA) is 57.1 Å². The van der Waals surface area contributed by atoms with E-state index in [2.05, 4.69) is 24.2 Å². The first-order chi connectivity index (χ1) is 14.6. The summed E-state index contributed by atoms with van der Waals surface area (Å²) in [5.74, 6) is 0.173. The molecule has 0 aromatic heterocycles. The molecule has 1 fully saturated rings. The maximum absolute atomic E-state index is 13.5. The van der Waals surface area contributed by atoms with Crippen molar-refractivity contribution in [1.29, 1.82) is 0 Å². The van der Waals surface area contributed by atoms with Crippen LogP contribution in [0.3, 0.4) is 0 Å². The van der Waals surface area contributed by atoms with Crippen molar-refractivity contribution in [2.75, 3.05) is 11.2 Å². The average molecular weight is 493 g/mol. The van der Waals surface area contributed by atoms with Crippen molar-refractivity contribution in [3.63, 3.8) is 0 Å². The molecule has 31 heavy (non-hydrogen) atoms. The van der Waals surface area contributed by atoms with Crippen molar-refractivity contribution < 1.29 is 13.9 Å². The normalized spacial score (nSPS) is 24.6. The monoisotopic (exact) mass is 492 g/mol. The summed E-state index contributed by atoms with van der Waals surface area (Å²) in [5.41, 5.74) is 1.74. The third kappa shape index (κ3) is 6.45. The minimum absolute atomic E-state index is 0.166. The summed E-state index contributed by atoms with van der Waals surface area (Å²) in [6.07, 6.45) is -0.166. The third-order valence-electron chi connectivity index (χ3n) is 4.85. The molecule has 0 amide bonds. The Hall–Kier alpha value is -1.12. The molecule has 1 aliphatic rings. The minimum atomic E-state index is -3.45. The van der Waals surface area contributed by atoms with Crippen LogP contribution in [0.2, 0.25) is 19.6 Å². The van der Waals surface area contributed by atoms with Crippen LogP contribution in [0, 0.1) is 5.92 Å². The molecule has 166 valence electrons. The third-order valence-corrected chi connectivity index (χ3v) is 10.8. The lowest BCUT2D eigenvalue weighted by Gasteiger charge is -2.38. The van der Waals surface area contributed by atoms with Crippen LogP contribution in [-0.4, -0.2) is 31.0 Å². The van der Waals surface area contributed by atoms with Gasteiger partial charge in [0, 0.05) is 11.6 Å². The van der Waals surface area contributed by atoms with E-state index in [-0.39, 0.29) is 12.0 Å². The molecule has 5 nitrogen and oxygen atoms in total. The highest BCUT2D eigenvalue weighted by Gasteiger charge is 2.45. The van der Waals surface area contributed by atoms with Gasteiger partial charge in [-0.05, 0) is 31.2 Å². The molecule has 3 rings (SSSR count). The van der Waals surface area contributed by atoms with E-state index in [1.807, 2.05) is 74.5 Å². The van der Waals surface area contributed by atoms with Crippen LogP contribution in [0.1, 0.15) is 13.8 Å². The number of para-hydroxylation sites is 2. The molecule has 1 heterocycles. The second kappa shape index (κ2) is 10.2. The Morgan fingerprint density at radius 1 is 1.10 bits per heavy atom. The van der Waals surface area contributed by atoms with Crippen molar-refractivity contribution in [3.8, 4) is 0 Å². The van der Waals surface area contributed by atoms with E-state index in [1.165, 1.54) is 0 Å². The molecule has 3 unspecified atom stereocenters. The summed E-state index contributed by atoms with van der Waals surface area (Å²) in [5, 5.41) is 0.470. The predicted molar refractivity (Wildman–Crippen MR) is 139 cm³/mol. The Morgan fingerprint density at radius 2 is 1.68 bits per heavy atom. The predicted octanol–water partition coefficient (Wildman–Crippen LogP) is 6.23. The van der Waals surface area contributed by atoms with Gasteiger partial charge in [0.1, 0.15) is 29.1 Å². The highest BCUT2D eigenvalue weighted by atomic mass is 32.7. The van der Waals surface area contributed by atoms with Crippen molar-refractivity contribution in [3.05, 3.63) is 60.7 Å². The zero-order valence-electron chi connectivity index (χ0n) is 18.5. The van der Waals surface area contributed by atoms with Gasteiger partial charge in [-0.2, -0.15) is 9.05 Å². The summed E-state index contributed by atoms with van der Waals surface area (Å²) in [6, 6.07) is 19.6. The number of aliphatic imine (C=N–C) groups is 1. The molecule has 0 saturated carbocycles. The molecule has 0 bridgehead atoms. The molecule has 0 spiro atoms. The zero-order valence-corrected chi connectivity index (χ0v) is 22.0. The standard InChI is InChI=1S/C22H29N2O3PS2Si/c1-17-16-26-28(25,27-18(17)2)30-21(23-19-12-8-6-9-13-19)22(29)24(31(3,4)5)20-14-10-7-11-15-20/h6-15,17-18H,16H2,1-5H3. The van der Waals surface area contributed by atoms with E-state index >= 15 is 0 Å². The van der Waals surface area contributed by atoms with Gasteiger partial charge < -0.3 is 9.46 Å². The first-order valence-corrected chi connectivity index (χ1v) is 17.1. The first-order valence-electron chi connectivity index (χ1n) is 10.2. The van der Waals surface area contributed by atoms with Crippen molar-refractivity contribution in [2.24, 2.45) is 10.9 Å². The van der Waals surface area contributed by atoms with E-state index in [0.29, 0.717) is 16.6 Å². The highest BCUT2D eigenvalue weighted by molar-refractivity contribution is 8.65. The SMILES string of the molecule is CC1CO[P+]([O-])(SC(=Nc2ccccc2)C(=S)N(c2ccccc2)[Si](C)(C)C)OC1C. The van der Waals surface area contributed by atoms with Gasteiger partial charge in [-0.15, -0.1) is 0 Å². The number of anilines is 1. The molecule has 0 aliphatic carbocycles. The van der Waals surface area contributed by atoms with Crippen molar-refractivity contribution in [2.45, 2.75) is 39.6 Å². The summed E-state index contributed by atoms with van der Waals surface area (Å²) in [6.45, 7) is 11.0. The van der Waals surface area contributed by atoms with Crippen LogP contribution in [0.15, 0.2) is 65.7 Å². The van der Waals surface area contributed by atoms with Gasteiger partial charge >= 0.3 is 7.15 Å². The van der Waals surface area contributed by atoms with Crippen LogP contribution in [-0.2, 0) is 9.05 Å². The van der Waals surface area contributed by atoms with Gasteiger partial charge in [0.05, 0.1) is 5.69 Å². The smallest absolute Gasteiger partial charge is 0.305 e. The quantitative estimate of drug-likeness (QED) is 0.166. The van der Waals surface area contributed by atoms with E-state index in [4.69, 9.17) is 26.3 Å². The minimum Gasteiger partial charge on any atom is -0.621 e. The van der Waals surface area contributed by atoms with Gasteiger partial charge in [-0.25, -0.2) is 4.99 Å². The van der Waals surface area contributed by atoms with Gasteiger partial charge in [0.15, 0.2) is 13.3 Å². The lowest BCUT2D eigenvalue weighted by Crippen LogP contribution is -2.51. The van der Waals surface area contributed by atoms with Gasteiger partial charge in [0.25, 0.3) is 0 Å². The summed E-state index contributed by atoms with van der Waals surface area (Å²) >= 11 is 6.99. The molecule has 0 radical (unpaired) electrons. The van der Waals surface area contributed by atoms with E-state index in [9.17, 15) is 4.89 Å². The Bertz CT molecular complexity index is 927. The van der Waals surface area contributed by atoms with Gasteiger partial charge in [0.2, 0.25) is 0 Å².